The molecule has 0 N–H and O–H groups in total. The zero-order chi connectivity index (χ0) is 10.7. The summed E-state index contributed by atoms with van der Waals surface area (Å²) in [6.45, 7) is 2.03. The van der Waals surface area contributed by atoms with Crippen molar-refractivity contribution in [3.8, 4) is 0 Å². The highest BCUT2D eigenvalue weighted by Crippen LogP contribution is 2.23. The van der Waals surface area contributed by atoms with Crippen LogP contribution in [0.15, 0.2) is 12.4 Å². The molecule has 0 aromatic carbocycles. The molecule has 2 heterocycles. The van der Waals surface area contributed by atoms with Gasteiger partial charge < -0.3 is 4.90 Å². The van der Waals surface area contributed by atoms with Crippen LogP contribution in [0.1, 0.15) is 12.8 Å². The third kappa shape index (κ3) is 2.73. The minimum Gasteiger partial charge on any atom is -0.341 e. The molecule has 0 saturated carbocycles. The van der Waals surface area contributed by atoms with E-state index in [2.05, 4.69) is 14.9 Å². The molecule has 1 aliphatic heterocycles. The topological polar surface area (TPSA) is 29.0 Å². The molecule has 5 heteroatoms. The van der Waals surface area contributed by atoms with Crippen LogP contribution in [-0.4, -0.2) is 28.9 Å². The van der Waals surface area contributed by atoms with E-state index in [1.165, 1.54) is 6.42 Å². The molecule has 1 aliphatic rings. The lowest BCUT2D eigenvalue weighted by Crippen LogP contribution is -2.21. The van der Waals surface area contributed by atoms with Crippen molar-refractivity contribution in [2.45, 2.75) is 12.8 Å². The van der Waals surface area contributed by atoms with Crippen LogP contribution < -0.4 is 4.90 Å². The first-order valence-electron chi connectivity index (χ1n) is 5.08. The van der Waals surface area contributed by atoms with Gasteiger partial charge in [-0.25, -0.2) is 9.97 Å². The summed E-state index contributed by atoms with van der Waals surface area (Å²) in [5, 5.41) is 0.579. The molecule has 15 heavy (non-hydrogen) atoms. The molecular weight excluding hydrogens is 233 g/mol. The summed E-state index contributed by atoms with van der Waals surface area (Å²) >= 11 is 11.5. The maximum atomic E-state index is 5.74. The molecule has 0 radical (unpaired) electrons. The normalized spacial score (nSPS) is 20.9. The van der Waals surface area contributed by atoms with Crippen LogP contribution in [0.4, 0.5) is 5.95 Å². The molecule has 0 spiro atoms. The zero-order valence-corrected chi connectivity index (χ0v) is 9.88. The fraction of sp³-hybridized carbons (Fsp3) is 0.600. The van der Waals surface area contributed by atoms with Crippen LogP contribution in [0.5, 0.6) is 0 Å². The fourth-order valence-electron chi connectivity index (χ4n) is 1.87. The van der Waals surface area contributed by atoms with Crippen molar-refractivity contribution >= 4 is 29.2 Å². The number of hydrogen-bond donors (Lipinski definition) is 0. The summed E-state index contributed by atoms with van der Waals surface area (Å²) in [7, 11) is 0. The second-order valence-corrected chi connectivity index (χ2v) is 4.59. The van der Waals surface area contributed by atoms with Gasteiger partial charge in [-0.1, -0.05) is 11.6 Å². The van der Waals surface area contributed by atoms with Crippen LogP contribution in [0.25, 0.3) is 0 Å². The van der Waals surface area contributed by atoms with Crippen LogP contribution in [0, 0.1) is 5.92 Å². The van der Waals surface area contributed by atoms with E-state index >= 15 is 0 Å². The van der Waals surface area contributed by atoms with Crippen molar-refractivity contribution in [3.05, 3.63) is 17.4 Å². The van der Waals surface area contributed by atoms with Gasteiger partial charge in [0, 0.05) is 19.0 Å². The maximum absolute atomic E-state index is 5.74. The molecular formula is C10H13Cl2N3. The van der Waals surface area contributed by atoms with Gasteiger partial charge >= 0.3 is 0 Å². The molecule has 0 aliphatic carbocycles. The monoisotopic (exact) mass is 245 g/mol. The fourth-order valence-corrected chi connectivity index (χ4v) is 2.28. The second kappa shape index (κ2) is 4.99. The minimum atomic E-state index is 0.579. The Morgan fingerprint density at radius 2 is 2.13 bits per heavy atom. The van der Waals surface area contributed by atoms with Crippen molar-refractivity contribution in [1.29, 1.82) is 0 Å². The van der Waals surface area contributed by atoms with Gasteiger partial charge in [0.1, 0.15) is 0 Å². The Kier molecular flexibility index (Phi) is 3.65. The highest BCUT2D eigenvalue weighted by Gasteiger charge is 2.23. The smallest absolute Gasteiger partial charge is 0.225 e. The van der Waals surface area contributed by atoms with Gasteiger partial charge in [0.25, 0.3) is 0 Å². The lowest BCUT2D eigenvalue weighted by Gasteiger charge is -2.15. The summed E-state index contributed by atoms with van der Waals surface area (Å²) in [5.74, 6) is 2.19. The molecule has 3 nitrogen and oxygen atoms in total. The minimum absolute atomic E-state index is 0.579. The third-order valence-corrected chi connectivity index (χ3v) is 3.11. The van der Waals surface area contributed by atoms with Gasteiger partial charge in [-0.15, -0.1) is 11.6 Å². The first-order chi connectivity index (χ1) is 7.29. The molecule has 0 amide bonds. The SMILES string of the molecule is ClCCC1CCN(c2ncc(Cl)cn2)C1. The van der Waals surface area contributed by atoms with E-state index in [0.29, 0.717) is 10.9 Å². The Balaban J connectivity index is 1.98. The van der Waals surface area contributed by atoms with Crippen molar-refractivity contribution in [2.75, 3.05) is 23.9 Å². The van der Waals surface area contributed by atoms with Crippen molar-refractivity contribution in [1.82, 2.24) is 9.97 Å². The second-order valence-electron chi connectivity index (χ2n) is 3.78. The largest absolute Gasteiger partial charge is 0.341 e. The van der Waals surface area contributed by atoms with Crippen LogP contribution >= 0.6 is 23.2 Å². The number of rotatable bonds is 3. The lowest BCUT2D eigenvalue weighted by atomic mass is 10.1. The lowest BCUT2D eigenvalue weighted by molar-refractivity contribution is 0.571. The Labute approximate surface area is 99.4 Å². The third-order valence-electron chi connectivity index (χ3n) is 2.69. The molecule has 1 saturated heterocycles. The summed E-state index contributed by atoms with van der Waals surface area (Å²) in [6.07, 6.45) is 5.53. The van der Waals surface area contributed by atoms with Gasteiger partial charge in [0.05, 0.1) is 17.4 Å². The molecule has 1 unspecified atom stereocenters. The number of nitrogens with zero attached hydrogens (tertiary/aromatic N) is 3. The van der Waals surface area contributed by atoms with Gasteiger partial charge in [-0.3, -0.25) is 0 Å². The van der Waals surface area contributed by atoms with Crippen LogP contribution in [0.2, 0.25) is 5.02 Å². The van der Waals surface area contributed by atoms with E-state index in [0.717, 1.165) is 31.3 Å². The van der Waals surface area contributed by atoms with Crippen molar-refractivity contribution < 1.29 is 0 Å². The molecule has 1 atom stereocenters. The van der Waals surface area contributed by atoms with E-state index in [-0.39, 0.29) is 0 Å². The first kappa shape index (κ1) is 11.0. The zero-order valence-electron chi connectivity index (χ0n) is 8.37. The van der Waals surface area contributed by atoms with Crippen molar-refractivity contribution in [2.24, 2.45) is 5.92 Å². The average molecular weight is 246 g/mol. The Morgan fingerprint density at radius 3 is 2.80 bits per heavy atom. The van der Waals surface area contributed by atoms with E-state index in [9.17, 15) is 0 Å². The number of anilines is 1. The molecule has 0 bridgehead atoms. The molecule has 2 rings (SSSR count). The van der Waals surface area contributed by atoms with E-state index < -0.39 is 0 Å². The van der Waals surface area contributed by atoms with E-state index in [1.807, 2.05) is 0 Å². The van der Waals surface area contributed by atoms with Crippen LogP contribution in [0.3, 0.4) is 0 Å². The van der Waals surface area contributed by atoms with E-state index in [1.54, 1.807) is 12.4 Å². The van der Waals surface area contributed by atoms with Gasteiger partial charge in [-0.05, 0) is 18.8 Å². The Bertz CT molecular complexity index is 315. The molecule has 1 fully saturated rings. The van der Waals surface area contributed by atoms with Gasteiger partial charge in [0.15, 0.2) is 0 Å². The number of hydrogen-bond acceptors (Lipinski definition) is 3. The maximum Gasteiger partial charge on any atom is 0.225 e. The number of halogens is 2. The number of aromatic nitrogens is 2. The summed E-state index contributed by atoms with van der Waals surface area (Å²) < 4.78 is 0. The standard InChI is InChI=1S/C10H13Cl2N3/c11-3-1-8-2-4-15(7-8)10-13-5-9(12)6-14-10/h5-6,8H,1-4,7H2. The number of alkyl halides is 1. The molecule has 82 valence electrons. The Hall–Kier alpha value is -0.540. The Morgan fingerprint density at radius 1 is 1.40 bits per heavy atom. The highest BCUT2D eigenvalue weighted by atomic mass is 35.5. The van der Waals surface area contributed by atoms with Gasteiger partial charge in [-0.2, -0.15) is 0 Å². The summed E-state index contributed by atoms with van der Waals surface area (Å²) in [4.78, 5) is 10.6. The first-order valence-corrected chi connectivity index (χ1v) is 5.99. The average Bonchev–Trinajstić information content (AvgIpc) is 2.68. The predicted octanol–water partition coefficient (Wildman–Crippen LogP) is 2.59. The predicted molar refractivity (Wildman–Crippen MR) is 62.7 cm³/mol. The summed E-state index contributed by atoms with van der Waals surface area (Å²) in [6, 6.07) is 0. The molecule has 1 aromatic rings. The van der Waals surface area contributed by atoms with Gasteiger partial charge in [0.2, 0.25) is 5.95 Å². The van der Waals surface area contributed by atoms with Crippen molar-refractivity contribution in [3.63, 3.8) is 0 Å². The van der Waals surface area contributed by atoms with Crippen LogP contribution in [-0.2, 0) is 0 Å². The quantitative estimate of drug-likeness (QED) is 0.767. The summed E-state index contributed by atoms with van der Waals surface area (Å²) in [5.41, 5.74) is 0. The van der Waals surface area contributed by atoms with E-state index in [4.69, 9.17) is 23.2 Å². The highest BCUT2D eigenvalue weighted by molar-refractivity contribution is 6.30. The molecule has 1 aromatic heterocycles.